The summed E-state index contributed by atoms with van der Waals surface area (Å²) < 4.78 is 5.65. The number of nitrogens with two attached hydrogens (primary N) is 1. The van der Waals surface area contributed by atoms with Crippen LogP contribution in [0.3, 0.4) is 0 Å². The highest BCUT2D eigenvalue weighted by molar-refractivity contribution is 7.13. The Balaban J connectivity index is 2.17. The van der Waals surface area contributed by atoms with Crippen molar-refractivity contribution in [1.29, 1.82) is 0 Å². The summed E-state index contributed by atoms with van der Waals surface area (Å²) in [6.07, 6.45) is 0.907. The summed E-state index contributed by atoms with van der Waals surface area (Å²) in [5, 5.41) is 4.81. The molecule has 1 aromatic heterocycles. The van der Waals surface area contributed by atoms with Gasteiger partial charge >= 0.3 is 0 Å². The SMILES string of the molecule is CCCOc1cc(C)ccc1NC(=O)c1csc(N)n1. The van der Waals surface area contributed by atoms with Gasteiger partial charge in [0, 0.05) is 5.38 Å². The largest absolute Gasteiger partial charge is 0.491 e. The van der Waals surface area contributed by atoms with Gasteiger partial charge in [-0.25, -0.2) is 4.98 Å². The fourth-order valence-electron chi connectivity index (χ4n) is 1.64. The maximum atomic E-state index is 12.1. The molecule has 0 saturated carbocycles. The molecule has 1 aromatic carbocycles. The molecule has 0 aliphatic heterocycles. The lowest BCUT2D eigenvalue weighted by molar-refractivity contribution is 0.102. The molecule has 0 fully saturated rings. The van der Waals surface area contributed by atoms with Crippen LogP contribution in [0.25, 0.3) is 0 Å². The number of anilines is 2. The van der Waals surface area contributed by atoms with E-state index in [2.05, 4.69) is 10.3 Å². The van der Waals surface area contributed by atoms with Crippen LogP contribution in [0.2, 0.25) is 0 Å². The number of nitrogen functional groups attached to an aromatic ring is 1. The van der Waals surface area contributed by atoms with Gasteiger partial charge in [-0.3, -0.25) is 4.79 Å². The highest BCUT2D eigenvalue weighted by Crippen LogP contribution is 2.26. The summed E-state index contributed by atoms with van der Waals surface area (Å²) in [4.78, 5) is 16.0. The van der Waals surface area contributed by atoms with E-state index in [4.69, 9.17) is 10.5 Å². The van der Waals surface area contributed by atoms with Crippen molar-refractivity contribution in [1.82, 2.24) is 4.98 Å². The predicted molar refractivity (Wildman–Crippen MR) is 81.4 cm³/mol. The molecule has 6 heteroatoms. The number of carbonyl (C=O) groups excluding carboxylic acids is 1. The van der Waals surface area contributed by atoms with Crippen LogP contribution in [0, 0.1) is 6.92 Å². The summed E-state index contributed by atoms with van der Waals surface area (Å²) in [5.74, 6) is 0.381. The van der Waals surface area contributed by atoms with Crippen molar-refractivity contribution in [3.8, 4) is 5.75 Å². The molecule has 0 radical (unpaired) electrons. The monoisotopic (exact) mass is 291 g/mol. The first kappa shape index (κ1) is 14.3. The van der Waals surface area contributed by atoms with Crippen LogP contribution in [-0.4, -0.2) is 17.5 Å². The van der Waals surface area contributed by atoms with Gasteiger partial charge in [0.2, 0.25) is 0 Å². The third-order valence-electron chi connectivity index (χ3n) is 2.60. The summed E-state index contributed by atoms with van der Waals surface area (Å²) >= 11 is 1.24. The van der Waals surface area contributed by atoms with Gasteiger partial charge in [-0.1, -0.05) is 13.0 Å². The Hall–Kier alpha value is -2.08. The van der Waals surface area contributed by atoms with Gasteiger partial charge in [-0.05, 0) is 31.0 Å². The minimum absolute atomic E-state index is 0.289. The van der Waals surface area contributed by atoms with Crippen LogP contribution in [0.5, 0.6) is 5.75 Å². The van der Waals surface area contributed by atoms with Crippen LogP contribution in [-0.2, 0) is 0 Å². The summed E-state index contributed by atoms with van der Waals surface area (Å²) in [5.41, 5.74) is 7.56. The van der Waals surface area contributed by atoms with E-state index in [1.807, 2.05) is 32.0 Å². The number of aromatic nitrogens is 1. The molecular weight excluding hydrogens is 274 g/mol. The number of nitrogens with one attached hydrogen (secondary N) is 1. The van der Waals surface area contributed by atoms with Crippen molar-refractivity contribution in [2.75, 3.05) is 17.7 Å². The lowest BCUT2D eigenvalue weighted by Gasteiger charge is -2.12. The number of thiazole rings is 1. The van der Waals surface area contributed by atoms with Crippen LogP contribution in [0.1, 0.15) is 29.4 Å². The van der Waals surface area contributed by atoms with Crippen molar-refractivity contribution in [2.45, 2.75) is 20.3 Å². The normalized spacial score (nSPS) is 10.3. The molecule has 0 saturated heterocycles. The first-order valence-corrected chi connectivity index (χ1v) is 7.24. The second-order valence-electron chi connectivity index (χ2n) is 4.37. The van der Waals surface area contributed by atoms with Gasteiger partial charge in [0.15, 0.2) is 5.13 Å². The molecular formula is C14H17N3O2S. The van der Waals surface area contributed by atoms with E-state index in [1.165, 1.54) is 11.3 Å². The van der Waals surface area contributed by atoms with E-state index < -0.39 is 0 Å². The highest BCUT2D eigenvalue weighted by atomic mass is 32.1. The molecule has 3 N–H and O–H groups in total. The number of aryl methyl sites for hydroxylation is 1. The second kappa shape index (κ2) is 6.38. The fraction of sp³-hybridized carbons (Fsp3) is 0.286. The zero-order chi connectivity index (χ0) is 14.5. The van der Waals surface area contributed by atoms with Crippen molar-refractivity contribution in [2.24, 2.45) is 0 Å². The van der Waals surface area contributed by atoms with Gasteiger partial charge in [-0.15, -0.1) is 11.3 Å². The lowest BCUT2D eigenvalue weighted by atomic mass is 10.2. The van der Waals surface area contributed by atoms with Crippen molar-refractivity contribution < 1.29 is 9.53 Å². The predicted octanol–water partition coefficient (Wildman–Crippen LogP) is 3.07. The van der Waals surface area contributed by atoms with Crippen molar-refractivity contribution in [3.63, 3.8) is 0 Å². The van der Waals surface area contributed by atoms with Crippen LogP contribution < -0.4 is 15.8 Å². The van der Waals surface area contributed by atoms with Gasteiger partial charge < -0.3 is 15.8 Å². The number of hydrogen-bond donors (Lipinski definition) is 2. The molecule has 2 rings (SSSR count). The quantitative estimate of drug-likeness (QED) is 0.887. The summed E-state index contributed by atoms with van der Waals surface area (Å²) in [6.45, 7) is 4.62. The zero-order valence-corrected chi connectivity index (χ0v) is 12.3. The molecule has 1 amide bonds. The van der Waals surface area contributed by atoms with Crippen LogP contribution in [0.4, 0.5) is 10.8 Å². The Bertz CT molecular complexity index is 610. The number of hydrogen-bond acceptors (Lipinski definition) is 5. The molecule has 5 nitrogen and oxygen atoms in total. The Morgan fingerprint density at radius 3 is 2.95 bits per heavy atom. The third-order valence-corrected chi connectivity index (χ3v) is 3.28. The zero-order valence-electron chi connectivity index (χ0n) is 11.5. The fourth-order valence-corrected chi connectivity index (χ4v) is 2.19. The Labute approximate surface area is 121 Å². The van der Waals surface area contributed by atoms with Crippen LogP contribution >= 0.6 is 11.3 Å². The topological polar surface area (TPSA) is 77.2 Å². The van der Waals surface area contributed by atoms with Gasteiger partial charge in [0.05, 0.1) is 12.3 Å². The Kier molecular flexibility index (Phi) is 4.57. The number of benzene rings is 1. The minimum Gasteiger partial charge on any atom is -0.491 e. The number of amides is 1. The standard InChI is InChI=1S/C14H17N3O2S/c1-3-6-19-12-7-9(2)4-5-10(12)16-13(18)11-8-20-14(15)17-11/h4-5,7-8H,3,6H2,1-2H3,(H2,15,17)(H,16,18). The Morgan fingerprint density at radius 1 is 1.50 bits per heavy atom. The highest BCUT2D eigenvalue weighted by Gasteiger charge is 2.13. The Morgan fingerprint density at radius 2 is 2.30 bits per heavy atom. The van der Waals surface area contributed by atoms with Gasteiger partial charge in [0.25, 0.3) is 5.91 Å². The maximum Gasteiger partial charge on any atom is 0.275 e. The van der Waals surface area contributed by atoms with E-state index in [0.29, 0.717) is 28.9 Å². The van der Waals surface area contributed by atoms with E-state index in [9.17, 15) is 4.79 Å². The molecule has 0 bridgehead atoms. The molecule has 20 heavy (non-hydrogen) atoms. The molecule has 106 valence electrons. The lowest BCUT2D eigenvalue weighted by Crippen LogP contribution is -2.13. The van der Waals surface area contributed by atoms with E-state index in [1.54, 1.807) is 5.38 Å². The van der Waals surface area contributed by atoms with Gasteiger partial charge in [-0.2, -0.15) is 0 Å². The second-order valence-corrected chi connectivity index (χ2v) is 5.26. The average Bonchev–Trinajstić information content (AvgIpc) is 2.85. The van der Waals surface area contributed by atoms with E-state index in [0.717, 1.165) is 12.0 Å². The number of rotatable bonds is 5. The first-order chi connectivity index (χ1) is 9.60. The molecule has 0 unspecified atom stereocenters. The molecule has 0 atom stereocenters. The number of ether oxygens (including phenoxy) is 1. The average molecular weight is 291 g/mol. The van der Waals surface area contributed by atoms with E-state index >= 15 is 0 Å². The smallest absolute Gasteiger partial charge is 0.275 e. The van der Waals surface area contributed by atoms with Crippen molar-refractivity contribution >= 4 is 28.1 Å². The summed E-state index contributed by atoms with van der Waals surface area (Å²) in [7, 11) is 0. The van der Waals surface area contributed by atoms with E-state index in [-0.39, 0.29) is 5.91 Å². The van der Waals surface area contributed by atoms with Gasteiger partial charge in [0.1, 0.15) is 11.4 Å². The molecule has 0 aliphatic rings. The molecule has 1 heterocycles. The molecule has 0 spiro atoms. The van der Waals surface area contributed by atoms with Crippen LogP contribution in [0.15, 0.2) is 23.6 Å². The third kappa shape index (κ3) is 3.48. The minimum atomic E-state index is -0.289. The van der Waals surface area contributed by atoms with Crippen molar-refractivity contribution in [3.05, 3.63) is 34.8 Å². The summed E-state index contributed by atoms with van der Waals surface area (Å²) in [6, 6.07) is 5.65. The number of nitrogens with zero attached hydrogens (tertiary/aromatic N) is 1. The molecule has 2 aromatic rings. The first-order valence-electron chi connectivity index (χ1n) is 6.36. The number of carbonyl (C=O) groups is 1. The maximum absolute atomic E-state index is 12.1. The molecule has 0 aliphatic carbocycles.